The summed E-state index contributed by atoms with van der Waals surface area (Å²) in [6, 6.07) is 0.419. The lowest BCUT2D eigenvalue weighted by Gasteiger charge is -2.30. The molecule has 2 aliphatic heterocycles. The number of carbonyl (C=O) groups is 1. The van der Waals surface area contributed by atoms with Gasteiger partial charge in [0.25, 0.3) is 0 Å². The minimum absolute atomic E-state index is 0.317. The van der Waals surface area contributed by atoms with Crippen molar-refractivity contribution in [3.8, 4) is 0 Å². The van der Waals surface area contributed by atoms with Gasteiger partial charge in [-0.15, -0.1) is 0 Å². The summed E-state index contributed by atoms with van der Waals surface area (Å²) in [7, 11) is 0. The Morgan fingerprint density at radius 2 is 2.47 bits per heavy atom. The first-order chi connectivity index (χ1) is 8.13. The fourth-order valence-corrected chi connectivity index (χ4v) is 2.88. The van der Waals surface area contributed by atoms with Crippen LogP contribution in [0.15, 0.2) is 0 Å². The number of piperazine rings is 1. The lowest BCUT2D eigenvalue weighted by atomic mass is 10.1. The van der Waals surface area contributed by atoms with Crippen molar-refractivity contribution >= 4 is 23.3 Å². The minimum Gasteiger partial charge on any atom is -0.481 e. The first-order valence-corrected chi connectivity index (χ1v) is 6.53. The van der Waals surface area contributed by atoms with Crippen molar-refractivity contribution in [1.82, 2.24) is 15.1 Å². The number of fused-ring (bicyclic) bond motifs is 1. The number of hydrogen-bond acceptors (Lipinski definition) is 3. The van der Waals surface area contributed by atoms with E-state index in [1.165, 1.54) is 0 Å². The standard InChI is InChI=1S/C11H19N3O2S/c1-2-8(10(15)16)6-13-7-9-5-12-3-4-14(9)11(13)17/h8-9,12H,2-7H2,1H3,(H,15,16). The van der Waals surface area contributed by atoms with Crippen LogP contribution >= 0.6 is 12.2 Å². The Bertz CT molecular complexity index is 324. The molecule has 0 aromatic carbocycles. The Kier molecular flexibility index (Phi) is 3.83. The molecule has 17 heavy (non-hydrogen) atoms. The van der Waals surface area contributed by atoms with Gasteiger partial charge in [-0.2, -0.15) is 0 Å². The van der Waals surface area contributed by atoms with E-state index >= 15 is 0 Å². The number of rotatable bonds is 4. The molecular weight excluding hydrogens is 238 g/mol. The van der Waals surface area contributed by atoms with Crippen molar-refractivity contribution in [2.45, 2.75) is 19.4 Å². The SMILES string of the molecule is CCC(CN1CC2CNCCN2C1=S)C(=O)O. The third-order valence-electron chi connectivity index (χ3n) is 3.58. The van der Waals surface area contributed by atoms with Crippen LogP contribution in [-0.2, 0) is 4.79 Å². The topological polar surface area (TPSA) is 55.8 Å². The highest BCUT2D eigenvalue weighted by molar-refractivity contribution is 7.80. The van der Waals surface area contributed by atoms with E-state index in [0.717, 1.165) is 31.3 Å². The van der Waals surface area contributed by atoms with Gasteiger partial charge in [-0.1, -0.05) is 6.92 Å². The molecule has 5 nitrogen and oxygen atoms in total. The molecule has 0 spiro atoms. The van der Waals surface area contributed by atoms with E-state index in [4.69, 9.17) is 17.3 Å². The van der Waals surface area contributed by atoms with E-state index in [1.54, 1.807) is 0 Å². The Labute approximate surface area is 107 Å². The van der Waals surface area contributed by atoms with E-state index < -0.39 is 5.97 Å². The molecule has 2 aliphatic rings. The third kappa shape index (κ3) is 2.52. The quantitative estimate of drug-likeness (QED) is 0.690. The zero-order valence-corrected chi connectivity index (χ0v) is 10.9. The first-order valence-electron chi connectivity index (χ1n) is 6.12. The zero-order valence-electron chi connectivity index (χ0n) is 10.1. The van der Waals surface area contributed by atoms with E-state index in [0.29, 0.717) is 19.0 Å². The van der Waals surface area contributed by atoms with E-state index in [-0.39, 0.29) is 5.92 Å². The molecule has 2 atom stereocenters. The molecule has 2 fully saturated rings. The van der Waals surface area contributed by atoms with Crippen molar-refractivity contribution in [3.63, 3.8) is 0 Å². The Hall–Kier alpha value is -0.880. The van der Waals surface area contributed by atoms with Crippen molar-refractivity contribution < 1.29 is 9.90 Å². The molecule has 0 aromatic heterocycles. The summed E-state index contributed by atoms with van der Waals surface area (Å²) in [4.78, 5) is 15.3. The van der Waals surface area contributed by atoms with Crippen molar-refractivity contribution in [2.75, 3.05) is 32.7 Å². The van der Waals surface area contributed by atoms with Gasteiger partial charge in [0.05, 0.1) is 12.0 Å². The molecule has 0 radical (unpaired) electrons. The minimum atomic E-state index is -0.724. The summed E-state index contributed by atoms with van der Waals surface area (Å²) in [5.41, 5.74) is 0. The molecule has 0 amide bonds. The molecule has 0 saturated carbocycles. The lowest BCUT2D eigenvalue weighted by Crippen LogP contribution is -2.49. The number of aliphatic carboxylic acids is 1. The van der Waals surface area contributed by atoms with Crippen LogP contribution in [0.25, 0.3) is 0 Å². The van der Waals surface area contributed by atoms with Crippen LogP contribution in [0.3, 0.4) is 0 Å². The number of nitrogens with one attached hydrogen (secondary N) is 1. The molecule has 2 saturated heterocycles. The highest BCUT2D eigenvalue weighted by Gasteiger charge is 2.36. The highest BCUT2D eigenvalue weighted by Crippen LogP contribution is 2.19. The fourth-order valence-electron chi connectivity index (χ4n) is 2.49. The predicted molar refractivity (Wildman–Crippen MR) is 69.0 cm³/mol. The van der Waals surface area contributed by atoms with Gasteiger partial charge in [0, 0.05) is 32.7 Å². The van der Waals surface area contributed by atoms with Crippen LogP contribution in [0.4, 0.5) is 0 Å². The maximum absolute atomic E-state index is 11.0. The van der Waals surface area contributed by atoms with E-state index in [2.05, 4.69) is 15.1 Å². The molecule has 2 heterocycles. The van der Waals surface area contributed by atoms with E-state index in [1.807, 2.05) is 6.92 Å². The van der Waals surface area contributed by atoms with Gasteiger partial charge in [-0.25, -0.2) is 0 Å². The Balaban J connectivity index is 1.98. The number of carboxylic acid groups (broad SMARTS) is 1. The molecule has 0 bridgehead atoms. The third-order valence-corrected chi connectivity index (χ3v) is 4.07. The molecular formula is C11H19N3O2S. The van der Waals surface area contributed by atoms with Crippen molar-refractivity contribution in [1.29, 1.82) is 0 Å². The van der Waals surface area contributed by atoms with E-state index in [9.17, 15) is 4.79 Å². The summed E-state index contributed by atoms with van der Waals surface area (Å²) < 4.78 is 0. The maximum Gasteiger partial charge on any atom is 0.308 e. The first kappa shape index (κ1) is 12.6. The van der Waals surface area contributed by atoms with Crippen LogP contribution in [-0.4, -0.2) is 64.8 Å². The highest BCUT2D eigenvalue weighted by atomic mass is 32.1. The summed E-state index contributed by atoms with van der Waals surface area (Å²) in [6.45, 7) is 6.14. The van der Waals surface area contributed by atoms with Gasteiger partial charge in [0.2, 0.25) is 0 Å². The maximum atomic E-state index is 11.0. The van der Waals surface area contributed by atoms with Crippen LogP contribution in [0.1, 0.15) is 13.3 Å². The Morgan fingerprint density at radius 3 is 3.06 bits per heavy atom. The summed E-state index contributed by atoms with van der Waals surface area (Å²) in [5.74, 6) is -1.04. The second-order valence-electron chi connectivity index (χ2n) is 4.68. The lowest BCUT2D eigenvalue weighted by molar-refractivity contribution is -0.142. The molecule has 0 aliphatic carbocycles. The van der Waals surface area contributed by atoms with Gasteiger partial charge in [-0.3, -0.25) is 4.79 Å². The van der Waals surface area contributed by atoms with Crippen molar-refractivity contribution in [3.05, 3.63) is 0 Å². The molecule has 2 N–H and O–H groups in total. The van der Waals surface area contributed by atoms with Gasteiger partial charge in [0.15, 0.2) is 5.11 Å². The van der Waals surface area contributed by atoms with Gasteiger partial charge >= 0.3 is 5.97 Å². The number of carboxylic acids is 1. The molecule has 2 rings (SSSR count). The van der Waals surface area contributed by atoms with Gasteiger partial charge in [0.1, 0.15) is 0 Å². The second kappa shape index (κ2) is 5.18. The smallest absolute Gasteiger partial charge is 0.308 e. The van der Waals surface area contributed by atoms with Gasteiger partial charge in [-0.05, 0) is 18.6 Å². The summed E-state index contributed by atoms with van der Waals surface area (Å²) >= 11 is 5.42. The zero-order chi connectivity index (χ0) is 12.4. The fraction of sp³-hybridized carbons (Fsp3) is 0.818. The van der Waals surface area contributed by atoms with Crippen LogP contribution in [0.5, 0.6) is 0 Å². The monoisotopic (exact) mass is 257 g/mol. The summed E-state index contributed by atoms with van der Waals surface area (Å²) in [6.07, 6.45) is 0.650. The molecule has 6 heteroatoms. The Morgan fingerprint density at radius 1 is 1.71 bits per heavy atom. The normalized spacial score (nSPS) is 25.9. The van der Waals surface area contributed by atoms with Crippen LogP contribution < -0.4 is 5.32 Å². The van der Waals surface area contributed by atoms with Crippen LogP contribution in [0.2, 0.25) is 0 Å². The molecule has 2 unspecified atom stereocenters. The molecule has 0 aromatic rings. The predicted octanol–water partition coefficient (Wildman–Crippen LogP) is -0.0285. The molecule has 96 valence electrons. The van der Waals surface area contributed by atoms with Crippen LogP contribution in [0, 0.1) is 5.92 Å². The number of hydrogen-bond donors (Lipinski definition) is 2. The number of thiocarbonyl (C=S) groups is 1. The van der Waals surface area contributed by atoms with Crippen molar-refractivity contribution in [2.24, 2.45) is 5.92 Å². The largest absolute Gasteiger partial charge is 0.481 e. The average Bonchev–Trinajstić information content (AvgIpc) is 2.63. The summed E-state index contributed by atoms with van der Waals surface area (Å²) in [5, 5.41) is 13.3. The van der Waals surface area contributed by atoms with Gasteiger partial charge < -0.3 is 20.2 Å². The number of nitrogens with zero attached hydrogens (tertiary/aromatic N) is 2. The average molecular weight is 257 g/mol. The second-order valence-corrected chi connectivity index (χ2v) is 5.05.